The van der Waals surface area contributed by atoms with Crippen molar-refractivity contribution in [3.8, 4) is 0 Å². The monoisotopic (exact) mass is 400 g/mol. The minimum atomic E-state index is -3.61. The first-order valence-corrected chi connectivity index (χ1v) is 8.42. The highest BCUT2D eigenvalue weighted by Crippen LogP contribution is 2.10. The van der Waals surface area contributed by atoms with Gasteiger partial charge in [0.1, 0.15) is 0 Å². The fourth-order valence-electron chi connectivity index (χ4n) is 1.56. The third kappa shape index (κ3) is 3.80. The minimum Gasteiger partial charge on any atom is -0.200 e. The molecular formula is C14H13IN2O2S. The van der Waals surface area contributed by atoms with Crippen molar-refractivity contribution in [1.82, 2.24) is 4.83 Å². The highest BCUT2D eigenvalue weighted by atomic mass is 127. The number of rotatable bonds is 4. The van der Waals surface area contributed by atoms with Crippen LogP contribution >= 0.6 is 22.6 Å². The zero-order chi connectivity index (χ0) is 14.6. The Hall–Kier alpha value is -1.41. The Balaban J connectivity index is 2.21. The van der Waals surface area contributed by atoms with Crippen LogP contribution in [0, 0.1) is 3.57 Å². The summed E-state index contributed by atoms with van der Waals surface area (Å²) in [6, 6.07) is 15.9. The van der Waals surface area contributed by atoms with E-state index in [2.05, 4.69) is 32.5 Å². The molecule has 0 unspecified atom stereocenters. The average Bonchev–Trinajstić information content (AvgIpc) is 2.46. The van der Waals surface area contributed by atoms with E-state index in [4.69, 9.17) is 0 Å². The van der Waals surface area contributed by atoms with E-state index in [0.717, 1.165) is 9.13 Å². The van der Waals surface area contributed by atoms with Gasteiger partial charge < -0.3 is 0 Å². The summed E-state index contributed by atoms with van der Waals surface area (Å²) in [6.07, 6.45) is 0. The lowest BCUT2D eigenvalue weighted by Crippen LogP contribution is -2.19. The largest absolute Gasteiger partial charge is 0.276 e. The molecule has 0 saturated heterocycles. The number of benzene rings is 2. The zero-order valence-electron chi connectivity index (χ0n) is 10.7. The molecule has 4 nitrogen and oxygen atoms in total. The lowest BCUT2D eigenvalue weighted by Gasteiger charge is -2.05. The van der Waals surface area contributed by atoms with Crippen LogP contribution < -0.4 is 4.83 Å². The molecule has 0 heterocycles. The summed E-state index contributed by atoms with van der Waals surface area (Å²) in [6.45, 7) is 1.76. The van der Waals surface area contributed by atoms with Gasteiger partial charge in [0.2, 0.25) is 0 Å². The number of hydrogen-bond acceptors (Lipinski definition) is 3. The molecule has 0 saturated carbocycles. The van der Waals surface area contributed by atoms with Gasteiger partial charge in [0, 0.05) is 3.57 Å². The molecule has 104 valence electrons. The van der Waals surface area contributed by atoms with Gasteiger partial charge in [0.25, 0.3) is 10.0 Å². The summed E-state index contributed by atoms with van der Waals surface area (Å²) in [4.78, 5) is 2.44. The van der Waals surface area contributed by atoms with Crippen molar-refractivity contribution in [1.29, 1.82) is 0 Å². The van der Waals surface area contributed by atoms with Gasteiger partial charge in [-0.3, -0.25) is 0 Å². The summed E-state index contributed by atoms with van der Waals surface area (Å²) in [5.41, 5.74) is 1.50. The SMILES string of the molecule is C/C(=N/NS(=O)(=O)c1ccccc1)c1cccc(I)c1. The molecule has 2 aromatic rings. The number of hydrogen-bond donors (Lipinski definition) is 1. The molecular weight excluding hydrogens is 387 g/mol. The van der Waals surface area contributed by atoms with E-state index in [0.29, 0.717) is 5.71 Å². The van der Waals surface area contributed by atoms with Gasteiger partial charge in [-0.1, -0.05) is 30.3 Å². The molecule has 1 N–H and O–H groups in total. The molecule has 0 amide bonds. The summed E-state index contributed by atoms with van der Waals surface area (Å²) < 4.78 is 25.1. The molecule has 0 bridgehead atoms. The van der Waals surface area contributed by atoms with Gasteiger partial charge in [0.15, 0.2) is 0 Å². The van der Waals surface area contributed by atoms with E-state index in [9.17, 15) is 8.42 Å². The predicted molar refractivity (Wildman–Crippen MR) is 88.1 cm³/mol. The molecule has 0 atom stereocenters. The van der Waals surface area contributed by atoms with E-state index in [1.165, 1.54) is 12.1 Å². The van der Waals surface area contributed by atoms with E-state index < -0.39 is 10.0 Å². The highest BCUT2D eigenvalue weighted by Gasteiger charge is 2.11. The maximum atomic E-state index is 12.0. The second-order valence-corrected chi connectivity index (χ2v) is 7.02. The first-order valence-electron chi connectivity index (χ1n) is 5.86. The van der Waals surface area contributed by atoms with Gasteiger partial charge in [-0.25, -0.2) is 0 Å². The maximum absolute atomic E-state index is 12.0. The first kappa shape index (κ1) is 15.0. The van der Waals surface area contributed by atoms with Crippen LogP contribution in [0.3, 0.4) is 0 Å². The number of nitrogens with one attached hydrogen (secondary N) is 1. The summed E-state index contributed by atoms with van der Waals surface area (Å²) >= 11 is 2.20. The molecule has 0 spiro atoms. The summed E-state index contributed by atoms with van der Waals surface area (Å²) in [5.74, 6) is 0. The van der Waals surface area contributed by atoms with Crippen LogP contribution in [-0.2, 0) is 10.0 Å². The quantitative estimate of drug-likeness (QED) is 0.488. The topological polar surface area (TPSA) is 58.5 Å². The Morgan fingerprint density at radius 3 is 2.45 bits per heavy atom. The van der Waals surface area contributed by atoms with Crippen LogP contribution in [0.15, 0.2) is 64.6 Å². The van der Waals surface area contributed by atoms with Gasteiger partial charge in [-0.15, -0.1) is 0 Å². The van der Waals surface area contributed by atoms with Crippen molar-refractivity contribution >= 4 is 38.3 Å². The normalized spacial score (nSPS) is 12.2. The van der Waals surface area contributed by atoms with Crippen molar-refractivity contribution in [3.63, 3.8) is 0 Å². The fourth-order valence-corrected chi connectivity index (χ4v) is 2.98. The van der Waals surface area contributed by atoms with Crippen molar-refractivity contribution < 1.29 is 8.42 Å². The molecule has 0 radical (unpaired) electrons. The predicted octanol–water partition coefficient (Wildman–Crippen LogP) is 2.99. The standard InChI is InChI=1S/C14H13IN2O2S/c1-11(12-6-5-7-13(15)10-12)16-17-20(18,19)14-8-3-2-4-9-14/h2-10,17H,1H3/b16-11-. The lowest BCUT2D eigenvalue weighted by molar-refractivity contribution is 0.584. The van der Waals surface area contributed by atoms with Crippen LogP contribution in [0.25, 0.3) is 0 Å². The van der Waals surface area contributed by atoms with Gasteiger partial charge >= 0.3 is 0 Å². The maximum Gasteiger partial charge on any atom is 0.276 e. The van der Waals surface area contributed by atoms with Crippen LogP contribution in [0.4, 0.5) is 0 Å². The Bertz CT molecular complexity index is 728. The van der Waals surface area contributed by atoms with Crippen LogP contribution in [0.2, 0.25) is 0 Å². The van der Waals surface area contributed by atoms with Crippen LogP contribution in [0.1, 0.15) is 12.5 Å². The second-order valence-electron chi connectivity index (χ2n) is 4.12. The van der Waals surface area contributed by atoms with Gasteiger partial charge in [0.05, 0.1) is 10.6 Å². The highest BCUT2D eigenvalue weighted by molar-refractivity contribution is 14.1. The molecule has 0 aliphatic heterocycles. The van der Waals surface area contributed by atoms with Crippen molar-refractivity contribution in [2.45, 2.75) is 11.8 Å². The minimum absolute atomic E-state index is 0.194. The average molecular weight is 400 g/mol. The Morgan fingerprint density at radius 2 is 1.80 bits per heavy atom. The third-order valence-electron chi connectivity index (χ3n) is 2.63. The second kappa shape index (κ2) is 6.36. The van der Waals surface area contributed by atoms with Crippen LogP contribution in [0.5, 0.6) is 0 Å². The molecule has 2 aromatic carbocycles. The van der Waals surface area contributed by atoms with Crippen molar-refractivity contribution in [2.24, 2.45) is 5.10 Å². The van der Waals surface area contributed by atoms with E-state index in [1.54, 1.807) is 25.1 Å². The van der Waals surface area contributed by atoms with Crippen LogP contribution in [-0.4, -0.2) is 14.1 Å². The van der Waals surface area contributed by atoms with E-state index in [1.807, 2.05) is 24.3 Å². The number of hydrazone groups is 1. The van der Waals surface area contributed by atoms with Crippen molar-refractivity contribution in [3.05, 3.63) is 63.7 Å². The molecule has 0 aliphatic carbocycles. The molecule has 0 fully saturated rings. The molecule has 6 heteroatoms. The summed E-state index contributed by atoms with van der Waals surface area (Å²) in [5, 5.41) is 3.96. The molecule has 0 aliphatic rings. The molecule has 2 rings (SSSR count). The fraction of sp³-hybridized carbons (Fsp3) is 0.0714. The van der Waals surface area contributed by atoms with Crippen molar-refractivity contribution in [2.75, 3.05) is 0 Å². The van der Waals surface area contributed by atoms with Gasteiger partial charge in [-0.05, 0) is 59.3 Å². The Morgan fingerprint density at radius 1 is 1.10 bits per heavy atom. The smallest absolute Gasteiger partial charge is 0.200 e. The Kier molecular flexibility index (Phi) is 4.77. The van der Waals surface area contributed by atoms with Gasteiger partial charge in [-0.2, -0.15) is 18.4 Å². The zero-order valence-corrected chi connectivity index (χ0v) is 13.7. The lowest BCUT2D eigenvalue weighted by atomic mass is 10.1. The Labute approximate surface area is 132 Å². The summed E-state index contributed by atoms with van der Waals surface area (Å²) in [7, 11) is -3.61. The third-order valence-corrected chi connectivity index (χ3v) is 4.52. The number of halogens is 1. The number of sulfonamides is 1. The molecule has 20 heavy (non-hydrogen) atoms. The van der Waals surface area contributed by atoms with E-state index in [-0.39, 0.29) is 4.90 Å². The molecule has 0 aromatic heterocycles. The first-order chi connectivity index (χ1) is 9.49. The van der Waals surface area contributed by atoms with E-state index >= 15 is 0 Å². The number of nitrogens with zero attached hydrogens (tertiary/aromatic N) is 1.